The first-order valence-corrected chi connectivity index (χ1v) is 13.5. The molecule has 1 aliphatic heterocycles. The molecule has 1 heterocycles. The molecule has 206 valence electrons. The first kappa shape index (κ1) is 27.8. The van der Waals surface area contributed by atoms with E-state index in [4.69, 9.17) is 4.74 Å². The maximum atomic E-state index is 13.3. The van der Waals surface area contributed by atoms with E-state index >= 15 is 0 Å². The Bertz CT molecular complexity index is 1320. The van der Waals surface area contributed by atoms with Gasteiger partial charge in [0.1, 0.15) is 5.75 Å². The molecule has 1 fully saturated rings. The molecule has 0 spiro atoms. The average molecular weight is 530 g/mol. The van der Waals surface area contributed by atoms with Gasteiger partial charge in [-0.05, 0) is 73.4 Å². The molecular formula is C31H39N5O3. The third kappa shape index (κ3) is 7.02. The molecule has 0 unspecified atom stereocenters. The van der Waals surface area contributed by atoms with Gasteiger partial charge in [0.25, 0.3) is 5.91 Å². The number of benzene rings is 3. The number of nitrogens with zero attached hydrogens (tertiary/aromatic N) is 2. The van der Waals surface area contributed by atoms with Gasteiger partial charge in [-0.3, -0.25) is 4.79 Å². The normalized spacial score (nSPS) is 13.3. The number of rotatable bonds is 8. The molecule has 8 nitrogen and oxygen atoms in total. The van der Waals surface area contributed by atoms with E-state index in [-0.39, 0.29) is 11.9 Å². The number of hydrogen-bond donors (Lipinski definition) is 3. The topological polar surface area (TPSA) is 85.9 Å². The maximum Gasteiger partial charge on any atom is 0.323 e. The average Bonchev–Trinajstić information content (AvgIpc) is 2.93. The highest BCUT2D eigenvalue weighted by molar-refractivity contribution is 6.04. The van der Waals surface area contributed by atoms with E-state index < -0.39 is 0 Å². The fraction of sp³-hybridized carbons (Fsp3) is 0.355. The quantitative estimate of drug-likeness (QED) is 0.350. The zero-order chi connectivity index (χ0) is 27.9. The smallest absolute Gasteiger partial charge is 0.323 e. The van der Waals surface area contributed by atoms with Crippen LogP contribution in [0.3, 0.4) is 0 Å². The van der Waals surface area contributed by atoms with Crippen molar-refractivity contribution in [2.75, 3.05) is 60.3 Å². The summed E-state index contributed by atoms with van der Waals surface area (Å²) in [5.74, 6) is 1.03. The summed E-state index contributed by atoms with van der Waals surface area (Å²) in [6.45, 7) is 11.8. The SMILES string of the molecule is COc1ccccc1N1CCN(c2ccc(NC(=O)Nc3ccc(C)c(C)c3)cc2C(=O)NCC(C)C)CC1. The van der Waals surface area contributed by atoms with Crippen molar-refractivity contribution in [2.24, 2.45) is 5.92 Å². The van der Waals surface area contributed by atoms with Gasteiger partial charge in [-0.1, -0.05) is 32.0 Å². The van der Waals surface area contributed by atoms with Crippen LogP contribution in [0.25, 0.3) is 0 Å². The molecular weight excluding hydrogens is 490 g/mol. The molecule has 3 aromatic rings. The lowest BCUT2D eigenvalue weighted by molar-refractivity contribution is 0.0949. The number of carbonyl (C=O) groups excluding carboxylic acids is 2. The summed E-state index contributed by atoms with van der Waals surface area (Å²) in [4.78, 5) is 30.6. The number of aryl methyl sites for hydroxylation is 2. The number of ether oxygens (including phenoxy) is 1. The first-order valence-electron chi connectivity index (χ1n) is 13.5. The highest BCUT2D eigenvalue weighted by atomic mass is 16.5. The van der Waals surface area contributed by atoms with Crippen molar-refractivity contribution < 1.29 is 14.3 Å². The van der Waals surface area contributed by atoms with Crippen molar-refractivity contribution in [2.45, 2.75) is 27.7 Å². The number of methoxy groups -OCH3 is 1. The van der Waals surface area contributed by atoms with Crippen molar-refractivity contribution in [3.63, 3.8) is 0 Å². The predicted molar refractivity (Wildman–Crippen MR) is 160 cm³/mol. The van der Waals surface area contributed by atoms with Crippen molar-refractivity contribution in [3.05, 3.63) is 77.4 Å². The Balaban J connectivity index is 1.51. The van der Waals surface area contributed by atoms with Crippen LogP contribution < -0.4 is 30.5 Å². The van der Waals surface area contributed by atoms with Gasteiger partial charge in [-0.15, -0.1) is 0 Å². The minimum atomic E-state index is -0.357. The molecule has 3 amide bonds. The third-order valence-corrected chi connectivity index (χ3v) is 6.98. The Morgan fingerprint density at radius 1 is 0.821 bits per heavy atom. The molecule has 1 aliphatic rings. The van der Waals surface area contributed by atoms with Gasteiger partial charge < -0.3 is 30.5 Å². The van der Waals surface area contributed by atoms with E-state index in [0.29, 0.717) is 23.7 Å². The van der Waals surface area contributed by atoms with Crippen LogP contribution in [0.5, 0.6) is 5.75 Å². The van der Waals surface area contributed by atoms with Gasteiger partial charge in [0.15, 0.2) is 0 Å². The summed E-state index contributed by atoms with van der Waals surface area (Å²) in [5, 5.41) is 8.80. The fourth-order valence-corrected chi connectivity index (χ4v) is 4.66. The predicted octanol–water partition coefficient (Wildman–Crippen LogP) is 5.67. The highest BCUT2D eigenvalue weighted by Gasteiger charge is 2.24. The van der Waals surface area contributed by atoms with Gasteiger partial charge in [-0.2, -0.15) is 0 Å². The summed E-state index contributed by atoms with van der Waals surface area (Å²) in [5.41, 5.74) is 6.02. The van der Waals surface area contributed by atoms with E-state index in [1.165, 1.54) is 0 Å². The first-order chi connectivity index (χ1) is 18.7. The Labute approximate surface area is 231 Å². The largest absolute Gasteiger partial charge is 0.495 e. The fourth-order valence-electron chi connectivity index (χ4n) is 4.66. The lowest BCUT2D eigenvalue weighted by Gasteiger charge is -2.38. The molecule has 0 aromatic heterocycles. The van der Waals surface area contributed by atoms with Gasteiger partial charge in [0, 0.05) is 49.8 Å². The van der Waals surface area contributed by atoms with E-state index in [1.54, 1.807) is 13.2 Å². The Morgan fingerprint density at radius 3 is 2.08 bits per heavy atom. The van der Waals surface area contributed by atoms with E-state index in [2.05, 4.69) is 45.7 Å². The summed E-state index contributed by atoms with van der Waals surface area (Å²) in [6, 6.07) is 19.0. The van der Waals surface area contributed by atoms with Crippen molar-refractivity contribution >= 4 is 34.7 Å². The van der Waals surface area contributed by atoms with E-state index in [9.17, 15) is 9.59 Å². The lowest BCUT2D eigenvalue weighted by atomic mass is 10.1. The molecule has 0 atom stereocenters. The van der Waals surface area contributed by atoms with Crippen LogP contribution in [-0.2, 0) is 0 Å². The number of nitrogens with one attached hydrogen (secondary N) is 3. The van der Waals surface area contributed by atoms with Gasteiger partial charge in [0.2, 0.25) is 0 Å². The van der Waals surface area contributed by atoms with Crippen LogP contribution in [0.1, 0.15) is 35.3 Å². The van der Waals surface area contributed by atoms with Crippen molar-refractivity contribution in [3.8, 4) is 5.75 Å². The number of piperazine rings is 1. The van der Waals surface area contributed by atoms with Gasteiger partial charge in [-0.25, -0.2) is 4.79 Å². The standard InChI is InChI=1S/C31H39N5O3/c1-21(2)20-32-30(37)26-19-25(34-31(38)33-24-11-10-22(3)23(4)18-24)12-13-27(26)35-14-16-36(17-15-35)28-8-6-7-9-29(28)39-5/h6-13,18-19,21H,14-17,20H2,1-5H3,(H,32,37)(H2,33,34,38). The second kappa shape index (κ2) is 12.6. The molecule has 0 bridgehead atoms. The summed E-state index contributed by atoms with van der Waals surface area (Å²) in [7, 11) is 1.69. The monoisotopic (exact) mass is 529 g/mol. The molecule has 3 aromatic carbocycles. The number of carbonyl (C=O) groups is 2. The number of anilines is 4. The van der Waals surface area contributed by atoms with E-state index in [0.717, 1.165) is 60.1 Å². The number of para-hydroxylation sites is 2. The molecule has 0 saturated carbocycles. The molecule has 0 aliphatic carbocycles. The van der Waals surface area contributed by atoms with Crippen LogP contribution in [0.4, 0.5) is 27.5 Å². The van der Waals surface area contributed by atoms with Crippen LogP contribution in [0, 0.1) is 19.8 Å². The Kier molecular flexibility index (Phi) is 8.96. The highest BCUT2D eigenvalue weighted by Crippen LogP contribution is 2.31. The van der Waals surface area contributed by atoms with Crippen LogP contribution in [0.15, 0.2) is 60.7 Å². The maximum absolute atomic E-state index is 13.3. The number of amides is 3. The molecule has 39 heavy (non-hydrogen) atoms. The lowest BCUT2D eigenvalue weighted by Crippen LogP contribution is -2.47. The molecule has 4 rings (SSSR count). The van der Waals surface area contributed by atoms with Crippen LogP contribution in [-0.4, -0.2) is 51.8 Å². The van der Waals surface area contributed by atoms with Crippen molar-refractivity contribution in [1.82, 2.24) is 5.32 Å². The summed E-state index contributed by atoms with van der Waals surface area (Å²) in [6.07, 6.45) is 0. The molecule has 1 saturated heterocycles. The summed E-state index contributed by atoms with van der Waals surface area (Å²) >= 11 is 0. The number of urea groups is 1. The van der Waals surface area contributed by atoms with Gasteiger partial charge >= 0.3 is 6.03 Å². The zero-order valence-corrected chi connectivity index (χ0v) is 23.5. The molecule has 3 N–H and O–H groups in total. The van der Waals surface area contributed by atoms with E-state index in [1.807, 2.05) is 62.4 Å². The molecule has 0 radical (unpaired) electrons. The van der Waals surface area contributed by atoms with Gasteiger partial charge in [0.05, 0.1) is 18.4 Å². The minimum Gasteiger partial charge on any atom is -0.495 e. The third-order valence-electron chi connectivity index (χ3n) is 6.98. The second-order valence-corrected chi connectivity index (χ2v) is 10.4. The van der Waals surface area contributed by atoms with Crippen LogP contribution in [0.2, 0.25) is 0 Å². The number of hydrogen-bond acceptors (Lipinski definition) is 5. The zero-order valence-electron chi connectivity index (χ0n) is 23.5. The molecule has 8 heteroatoms. The van der Waals surface area contributed by atoms with Crippen molar-refractivity contribution in [1.29, 1.82) is 0 Å². The Hall–Kier alpha value is -4.20. The minimum absolute atomic E-state index is 0.149. The second-order valence-electron chi connectivity index (χ2n) is 10.4. The van der Waals surface area contributed by atoms with Crippen LogP contribution >= 0.6 is 0 Å². The Morgan fingerprint density at radius 2 is 1.44 bits per heavy atom. The summed E-state index contributed by atoms with van der Waals surface area (Å²) < 4.78 is 5.55.